The molecule has 0 unspecified atom stereocenters. The zero-order valence-corrected chi connectivity index (χ0v) is 19.9. The second-order valence-corrected chi connectivity index (χ2v) is 8.96. The minimum absolute atomic E-state index is 0.137. The van der Waals surface area contributed by atoms with Crippen LogP contribution in [0.5, 0.6) is 11.5 Å². The highest BCUT2D eigenvalue weighted by atomic mass is 79.9. The van der Waals surface area contributed by atoms with E-state index >= 15 is 0 Å². The fourth-order valence-corrected chi connectivity index (χ4v) is 4.63. The third-order valence-electron chi connectivity index (χ3n) is 5.16. The van der Waals surface area contributed by atoms with Gasteiger partial charge in [0.25, 0.3) is 0 Å². The third-order valence-corrected chi connectivity index (χ3v) is 6.22. The Hall–Kier alpha value is -2.05. The lowest BCUT2D eigenvalue weighted by atomic mass is 9.93. The van der Waals surface area contributed by atoms with Gasteiger partial charge in [0.05, 0.1) is 6.61 Å². The van der Waals surface area contributed by atoms with E-state index in [-0.39, 0.29) is 11.8 Å². The highest BCUT2D eigenvalue weighted by Gasteiger charge is 2.29. The molecule has 2 N–H and O–H groups in total. The molecule has 3 aromatic rings. The number of hydrogen-bond acceptors (Lipinski definition) is 4. The van der Waals surface area contributed by atoms with Gasteiger partial charge >= 0.3 is 0 Å². The second-order valence-electron chi connectivity index (χ2n) is 7.20. The number of rotatable bonds is 5. The first-order chi connectivity index (χ1) is 15.0. The van der Waals surface area contributed by atoms with Gasteiger partial charge in [0.2, 0.25) is 0 Å². The van der Waals surface area contributed by atoms with Crippen LogP contribution < -0.4 is 10.1 Å². The first-order valence-electron chi connectivity index (χ1n) is 9.94. The van der Waals surface area contributed by atoms with Gasteiger partial charge < -0.3 is 9.84 Å². The summed E-state index contributed by atoms with van der Waals surface area (Å²) in [5.41, 5.74) is 3.51. The van der Waals surface area contributed by atoms with Crippen LogP contribution in [0.1, 0.15) is 42.2 Å². The molecule has 0 saturated heterocycles. The molecule has 1 heterocycles. The molecule has 0 saturated carbocycles. The summed E-state index contributed by atoms with van der Waals surface area (Å²) < 4.78 is 6.57. The summed E-state index contributed by atoms with van der Waals surface area (Å²) in [5.74, 6) is 0.604. The van der Waals surface area contributed by atoms with Crippen molar-refractivity contribution in [1.82, 2.24) is 5.32 Å². The van der Waals surface area contributed by atoms with Gasteiger partial charge in [0, 0.05) is 43.8 Å². The molecule has 3 aromatic carbocycles. The van der Waals surface area contributed by atoms with Crippen molar-refractivity contribution < 1.29 is 9.84 Å². The molecular formula is C24H21BrCl2N2O2. The number of nitrogens with zero attached hydrogens (tertiary/aromatic N) is 1. The van der Waals surface area contributed by atoms with Crippen LogP contribution in [0.2, 0.25) is 10.0 Å². The van der Waals surface area contributed by atoms with Crippen molar-refractivity contribution in [1.29, 1.82) is 0 Å². The minimum atomic E-state index is -0.396. The van der Waals surface area contributed by atoms with E-state index in [4.69, 9.17) is 32.9 Å². The molecule has 0 aliphatic carbocycles. The van der Waals surface area contributed by atoms with Crippen LogP contribution in [0.15, 0.2) is 70.1 Å². The fraction of sp³-hybridized carbons (Fsp3) is 0.208. The summed E-state index contributed by atoms with van der Waals surface area (Å²) in [6, 6.07) is 18.8. The van der Waals surface area contributed by atoms with Crippen LogP contribution >= 0.6 is 39.1 Å². The summed E-state index contributed by atoms with van der Waals surface area (Å²) in [4.78, 5) is 4.96. The molecule has 1 aliphatic heterocycles. The number of aromatic hydroxyl groups is 1. The number of halogens is 3. The van der Waals surface area contributed by atoms with E-state index in [2.05, 4.69) is 21.2 Å². The van der Waals surface area contributed by atoms with E-state index in [0.29, 0.717) is 28.8 Å². The molecule has 0 amide bonds. The normalized spacial score (nSPS) is 18.5. The molecule has 0 spiro atoms. The summed E-state index contributed by atoms with van der Waals surface area (Å²) in [7, 11) is 0. The molecule has 160 valence electrons. The summed E-state index contributed by atoms with van der Waals surface area (Å²) in [6.45, 7) is 2.37. The molecule has 0 fully saturated rings. The molecule has 4 rings (SSSR count). The predicted octanol–water partition coefficient (Wildman–Crippen LogP) is 7.08. The second kappa shape index (κ2) is 9.61. The van der Waals surface area contributed by atoms with E-state index in [1.807, 2.05) is 49.4 Å². The molecule has 4 nitrogen and oxygen atoms in total. The standard InChI is InChI=1S/C24H21BrCl2N2O2/c1-2-31-22-8-4-7-18(23(22)30)21-13-20(14-5-3-6-15(25)11-14)28-24(29-21)17-10-9-16(26)12-19(17)27/h3-12,21,24,29-30H,2,13H2,1H3/t21-,24+/m1/s1. The average Bonchev–Trinajstić information content (AvgIpc) is 2.75. The Morgan fingerprint density at radius 1 is 1.10 bits per heavy atom. The Kier molecular flexibility index (Phi) is 6.87. The first-order valence-corrected chi connectivity index (χ1v) is 11.5. The van der Waals surface area contributed by atoms with Crippen LogP contribution in [0.25, 0.3) is 0 Å². The van der Waals surface area contributed by atoms with Crippen LogP contribution in [-0.4, -0.2) is 17.4 Å². The number of hydrogen-bond donors (Lipinski definition) is 2. The van der Waals surface area contributed by atoms with Gasteiger partial charge in [-0.2, -0.15) is 0 Å². The van der Waals surface area contributed by atoms with Gasteiger partial charge in [-0.05, 0) is 42.8 Å². The molecule has 2 atom stereocenters. The van der Waals surface area contributed by atoms with Crippen molar-refractivity contribution in [3.05, 3.63) is 91.9 Å². The molecule has 1 aliphatic rings. The fourth-order valence-electron chi connectivity index (χ4n) is 3.72. The van der Waals surface area contributed by atoms with Crippen molar-refractivity contribution >= 4 is 44.8 Å². The zero-order chi connectivity index (χ0) is 22.0. The van der Waals surface area contributed by atoms with Crippen LogP contribution in [0.4, 0.5) is 0 Å². The van der Waals surface area contributed by atoms with Crippen molar-refractivity contribution in [2.24, 2.45) is 4.99 Å². The number of nitrogens with one attached hydrogen (secondary N) is 1. The molecule has 0 aromatic heterocycles. The van der Waals surface area contributed by atoms with Crippen molar-refractivity contribution in [3.63, 3.8) is 0 Å². The molecular weight excluding hydrogens is 499 g/mol. The molecule has 7 heteroatoms. The largest absolute Gasteiger partial charge is 0.504 e. The Balaban J connectivity index is 1.79. The van der Waals surface area contributed by atoms with Gasteiger partial charge in [-0.3, -0.25) is 10.3 Å². The van der Waals surface area contributed by atoms with Crippen molar-refractivity contribution in [2.45, 2.75) is 25.6 Å². The van der Waals surface area contributed by atoms with Gasteiger partial charge in [-0.1, -0.05) is 69.5 Å². The van der Waals surface area contributed by atoms with E-state index in [9.17, 15) is 5.11 Å². The Labute approximate surface area is 200 Å². The number of benzene rings is 3. The third kappa shape index (κ3) is 4.90. The van der Waals surface area contributed by atoms with Gasteiger partial charge in [-0.25, -0.2) is 0 Å². The highest BCUT2D eigenvalue weighted by Crippen LogP contribution is 2.40. The molecule has 31 heavy (non-hydrogen) atoms. The SMILES string of the molecule is CCOc1cccc([C@H]2CC(c3cccc(Br)c3)=N[C@H](c3ccc(Cl)cc3Cl)N2)c1O. The zero-order valence-electron chi connectivity index (χ0n) is 16.8. The maximum atomic E-state index is 10.9. The van der Waals surface area contributed by atoms with Crippen molar-refractivity contribution in [3.8, 4) is 11.5 Å². The Morgan fingerprint density at radius 3 is 2.65 bits per heavy atom. The Bertz CT molecular complexity index is 1140. The average molecular weight is 520 g/mol. The van der Waals surface area contributed by atoms with Gasteiger partial charge in [0.15, 0.2) is 11.5 Å². The number of phenols is 1. The van der Waals surface area contributed by atoms with Crippen LogP contribution in [0, 0.1) is 0 Å². The number of aliphatic imine (C=N–C) groups is 1. The number of para-hydroxylation sites is 1. The lowest BCUT2D eigenvalue weighted by Gasteiger charge is -2.31. The topological polar surface area (TPSA) is 53.8 Å². The van der Waals surface area contributed by atoms with E-state index < -0.39 is 6.17 Å². The Morgan fingerprint density at radius 2 is 1.90 bits per heavy atom. The van der Waals surface area contributed by atoms with Gasteiger partial charge in [0.1, 0.15) is 6.17 Å². The quantitative estimate of drug-likeness (QED) is 0.378. The van der Waals surface area contributed by atoms with Crippen LogP contribution in [-0.2, 0) is 0 Å². The van der Waals surface area contributed by atoms with E-state index in [1.165, 1.54) is 0 Å². The lowest BCUT2D eigenvalue weighted by molar-refractivity contribution is 0.313. The van der Waals surface area contributed by atoms with Gasteiger partial charge in [-0.15, -0.1) is 0 Å². The molecule has 0 bridgehead atoms. The van der Waals surface area contributed by atoms with Crippen molar-refractivity contribution in [2.75, 3.05) is 6.61 Å². The number of ether oxygens (including phenoxy) is 1. The van der Waals surface area contributed by atoms with E-state index in [0.717, 1.165) is 26.9 Å². The molecule has 0 radical (unpaired) electrons. The van der Waals surface area contributed by atoms with E-state index in [1.54, 1.807) is 18.2 Å². The predicted molar refractivity (Wildman–Crippen MR) is 130 cm³/mol. The summed E-state index contributed by atoms with van der Waals surface area (Å²) in [6.07, 6.45) is 0.203. The first kappa shape index (κ1) is 22.2. The highest BCUT2D eigenvalue weighted by molar-refractivity contribution is 9.10. The summed E-state index contributed by atoms with van der Waals surface area (Å²) in [5, 5.41) is 15.5. The smallest absolute Gasteiger partial charge is 0.162 e. The summed E-state index contributed by atoms with van der Waals surface area (Å²) >= 11 is 16.1. The minimum Gasteiger partial charge on any atom is -0.504 e. The maximum Gasteiger partial charge on any atom is 0.162 e. The maximum absolute atomic E-state index is 10.9. The number of phenolic OH excluding ortho intramolecular Hbond substituents is 1. The lowest BCUT2D eigenvalue weighted by Crippen LogP contribution is -2.33. The monoisotopic (exact) mass is 518 g/mol. The van der Waals surface area contributed by atoms with Crippen LogP contribution in [0.3, 0.4) is 0 Å².